The zero-order valence-corrected chi connectivity index (χ0v) is 11.7. The zero-order chi connectivity index (χ0) is 13.4. The largest absolute Gasteiger partial charge is 0.388 e. The standard InChI is InChI=1S/C15H15N3S/c1-9-7-18-15(16)13-12(8-19-14(9)13)10-3-5-11(17-2)6-4-10/h3-8,17H,1-2H3,(H2,16,18). The third kappa shape index (κ3) is 1.94. The lowest BCUT2D eigenvalue weighted by Gasteiger charge is -2.05. The molecule has 3 nitrogen and oxygen atoms in total. The van der Waals surface area contributed by atoms with E-state index in [1.165, 1.54) is 15.8 Å². The van der Waals surface area contributed by atoms with Crippen LogP contribution in [-0.2, 0) is 0 Å². The molecule has 0 aliphatic heterocycles. The maximum absolute atomic E-state index is 6.05. The van der Waals surface area contributed by atoms with Crippen molar-refractivity contribution < 1.29 is 0 Å². The molecule has 0 saturated carbocycles. The summed E-state index contributed by atoms with van der Waals surface area (Å²) in [4.78, 5) is 4.27. The van der Waals surface area contributed by atoms with Crippen LogP contribution in [0.4, 0.5) is 11.5 Å². The summed E-state index contributed by atoms with van der Waals surface area (Å²) in [7, 11) is 1.92. The van der Waals surface area contributed by atoms with Gasteiger partial charge in [-0.15, -0.1) is 11.3 Å². The fraction of sp³-hybridized carbons (Fsp3) is 0.133. The maximum atomic E-state index is 6.05. The van der Waals surface area contributed by atoms with Crippen molar-refractivity contribution in [3.05, 3.63) is 41.4 Å². The number of benzene rings is 1. The van der Waals surface area contributed by atoms with Gasteiger partial charge in [-0.05, 0) is 35.6 Å². The van der Waals surface area contributed by atoms with Crippen molar-refractivity contribution in [3.63, 3.8) is 0 Å². The van der Waals surface area contributed by atoms with Gasteiger partial charge in [-0.3, -0.25) is 0 Å². The van der Waals surface area contributed by atoms with Crippen molar-refractivity contribution in [1.82, 2.24) is 4.98 Å². The maximum Gasteiger partial charge on any atom is 0.132 e. The van der Waals surface area contributed by atoms with Crippen molar-refractivity contribution in [2.24, 2.45) is 0 Å². The zero-order valence-electron chi connectivity index (χ0n) is 10.9. The van der Waals surface area contributed by atoms with Crippen LogP contribution in [0.5, 0.6) is 0 Å². The first-order valence-electron chi connectivity index (χ1n) is 6.11. The first-order valence-corrected chi connectivity index (χ1v) is 6.99. The summed E-state index contributed by atoms with van der Waals surface area (Å²) >= 11 is 1.72. The molecule has 1 aromatic carbocycles. The lowest BCUT2D eigenvalue weighted by atomic mass is 10.0. The Morgan fingerprint density at radius 3 is 2.63 bits per heavy atom. The van der Waals surface area contributed by atoms with Crippen LogP contribution in [-0.4, -0.2) is 12.0 Å². The molecule has 3 rings (SSSR count). The van der Waals surface area contributed by atoms with Crippen LogP contribution in [0.15, 0.2) is 35.8 Å². The molecule has 0 saturated heterocycles. The van der Waals surface area contributed by atoms with E-state index in [1.807, 2.05) is 13.2 Å². The van der Waals surface area contributed by atoms with Crippen molar-refractivity contribution in [2.45, 2.75) is 6.92 Å². The van der Waals surface area contributed by atoms with Gasteiger partial charge in [-0.1, -0.05) is 12.1 Å². The number of nitrogens with zero attached hydrogens (tertiary/aromatic N) is 1. The molecular formula is C15H15N3S. The second kappa shape index (κ2) is 4.55. The number of pyridine rings is 1. The summed E-state index contributed by atoms with van der Waals surface area (Å²) < 4.78 is 1.22. The number of aromatic nitrogens is 1. The monoisotopic (exact) mass is 269 g/mol. The van der Waals surface area contributed by atoms with Gasteiger partial charge in [0, 0.05) is 34.6 Å². The van der Waals surface area contributed by atoms with Gasteiger partial charge in [0.15, 0.2) is 0 Å². The van der Waals surface area contributed by atoms with Crippen molar-refractivity contribution in [3.8, 4) is 11.1 Å². The SMILES string of the molecule is CNc1ccc(-c2csc3c(C)cnc(N)c23)cc1. The molecule has 2 aromatic heterocycles. The van der Waals surface area contributed by atoms with Crippen LogP contribution in [0, 0.1) is 6.92 Å². The quantitative estimate of drug-likeness (QED) is 0.742. The van der Waals surface area contributed by atoms with Crippen LogP contribution in [0.2, 0.25) is 0 Å². The van der Waals surface area contributed by atoms with Gasteiger partial charge >= 0.3 is 0 Å². The fourth-order valence-corrected chi connectivity index (χ4v) is 3.28. The minimum absolute atomic E-state index is 0.606. The van der Waals surface area contributed by atoms with Crippen LogP contribution >= 0.6 is 11.3 Å². The Bertz CT molecular complexity index is 729. The van der Waals surface area contributed by atoms with E-state index in [2.05, 4.69) is 46.9 Å². The van der Waals surface area contributed by atoms with Gasteiger partial charge in [-0.25, -0.2) is 4.98 Å². The number of nitrogen functional groups attached to an aromatic ring is 1. The van der Waals surface area contributed by atoms with E-state index in [0.717, 1.165) is 16.6 Å². The lowest BCUT2D eigenvalue weighted by molar-refractivity contribution is 1.32. The number of thiophene rings is 1. The number of rotatable bonds is 2. The molecule has 19 heavy (non-hydrogen) atoms. The minimum Gasteiger partial charge on any atom is -0.388 e. The number of fused-ring (bicyclic) bond motifs is 1. The molecular weight excluding hydrogens is 254 g/mol. The molecule has 2 heterocycles. The molecule has 4 heteroatoms. The highest BCUT2D eigenvalue weighted by molar-refractivity contribution is 7.18. The molecule has 0 aliphatic carbocycles. The van der Waals surface area contributed by atoms with Gasteiger partial charge in [0.1, 0.15) is 5.82 Å². The van der Waals surface area contributed by atoms with E-state index in [-0.39, 0.29) is 0 Å². The Morgan fingerprint density at radius 1 is 1.21 bits per heavy atom. The Morgan fingerprint density at radius 2 is 1.95 bits per heavy atom. The number of hydrogen-bond acceptors (Lipinski definition) is 4. The molecule has 0 amide bonds. The molecule has 0 bridgehead atoms. The van der Waals surface area contributed by atoms with Gasteiger partial charge in [0.2, 0.25) is 0 Å². The Kier molecular flexibility index (Phi) is 2.87. The van der Waals surface area contributed by atoms with Crippen molar-refractivity contribution >= 4 is 32.9 Å². The number of anilines is 2. The van der Waals surface area contributed by atoms with Crippen LogP contribution < -0.4 is 11.1 Å². The highest BCUT2D eigenvalue weighted by Gasteiger charge is 2.12. The summed E-state index contributed by atoms with van der Waals surface area (Å²) in [6, 6.07) is 8.35. The molecule has 3 aromatic rings. The summed E-state index contributed by atoms with van der Waals surface area (Å²) in [5, 5.41) is 6.35. The number of nitrogens with one attached hydrogen (secondary N) is 1. The predicted octanol–water partition coefficient (Wildman–Crippen LogP) is 3.90. The normalized spacial score (nSPS) is 10.8. The average molecular weight is 269 g/mol. The van der Waals surface area contributed by atoms with Crippen molar-refractivity contribution in [2.75, 3.05) is 18.1 Å². The Balaban J connectivity index is 2.22. The number of nitrogens with two attached hydrogens (primary N) is 1. The van der Waals surface area contributed by atoms with Crippen LogP contribution in [0.1, 0.15) is 5.56 Å². The first-order chi connectivity index (χ1) is 9.20. The van der Waals surface area contributed by atoms with E-state index < -0.39 is 0 Å². The highest BCUT2D eigenvalue weighted by atomic mass is 32.1. The van der Waals surface area contributed by atoms with Crippen LogP contribution in [0.3, 0.4) is 0 Å². The summed E-state index contributed by atoms with van der Waals surface area (Å²) in [6.45, 7) is 2.07. The highest BCUT2D eigenvalue weighted by Crippen LogP contribution is 2.38. The summed E-state index contributed by atoms with van der Waals surface area (Å²) in [5.41, 5.74) is 10.7. The smallest absolute Gasteiger partial charge is 0.132 e. The second-order valence-electron chi connectivity index (χ2n) is 4.51. The predicted molar refractivity (Wildman–Crippen MR) is 83.8 cm³/mol. The first kappa shape index (κ1) is 12.0. The van der Waals surface area contributed by atoms with Gasteiger partial charge in [0.05, 0.1) is 0 Å². The summed E-state index contributed by atoms with van der Waals surface area (Å²) in [6.07, 6.45) is 1.84. The van der Waals surface area contributed by atoms with Crippen molar-refractivity contribution in [1.29, 1.82) is 0 Å². The molecule has 96 valence electrons. The summed E-state index contributed by atoms with van der Waals surface area (Å²) in [5.74, 6) is 0.606. The third-order valence-electron chi connectivity index (χ3n) is 3.29. The number of aryl methyl sites for hydroxylation is 1. The van der Waals surface area contributed by atoms with E-state index in [1.54, 1.807) is 11.3 Å². The van der Waals surface area contributed by atoms with E-state index >= 15 is 0 Å². The van der Waals surface area contributed by atoms with E-state index in [9.17, 15) is 0 Å². The minimum atomic E-state index is 0.606. The molecule has 0 fully saturated rings. The molecule has 0 atom stereocenters. The van der Waals surface area contributed by atoms with Gasteiger partial charge < -0.3 is 11.1 Å². The van der Waals surface area contributed by atoms with Gasteiger partial charge in [-0.2, -0.15) is 0 Å². The van der Waals surface area contributed by atoms with Crippen LogP contribution in [0.25, 0.3) is 21.2 Å². The Labute approximate surface area is 116 Å². The Hall–Kier alpha value is -2.07. The van der Waals surface area contributed by atoms with E-state index in [0.29, 0.717) is 5.82 Å². The lowest BCUT2D eigenvalue weighted by Crippen LogP contribution is -1.92. The number of hydrogen-bond donors (Lipinski definition) is 2. The van der Waals surface area contributed by atoms with Gasteiger partial charge in [0.25, 0.3) is 0 Å². The molecule has 0 radical (unpaired) electrons. The molecule has 0 aliphatic rings. The second-order valence-corrected chi connectivity index (χ2v) is 5.39. The molecule has 3 N–H and O–H groups in total. The third-order valence-corrected chi connectivity index (χ3v) is 4.40. The topological polar surface area (TPSA) is 50.9 Å². The van der Waals surface area contributed by atoms with E-state index in [4.69, 9.17) is 5.73 Å². The molecule has 0 spiro atoms. The average Bonchev–Trinajstić information content (AvgIpc) is 2.89. The fourth-order valence-electron chi connectivity index (χ4n) is 2.22. The molecule has 0 unspecified atom stereocenters.